The van der Waals surface area contributed by atoms with Gasteiger partial charge in [0.15, 0.2) is 0 Å². The lowest BCUT2D eigenvalue weighted by atomic mass is 9.77. The van der Waals surface area contributed by atoms with Crippen molar-refractivity contribution in [2.24, 2.45) is 7.05 Å². The van der Waals surface area contributed by atoms with Crippen LogP contribution < -0.4 is 14.2 Å². The molecule has 0 bridgehead atoms. The first-order valence-electron chi connectivity index (χ1n) is 15.9. The number of amides is 1. The zero-order chi connectivity index (χ0) is 32.6. The van der Waals surface area contributed by atoms with Crippen LogP contribution in [0.1, 0.15) is 43.9 Å². The third-order valence-electron chi connectivity index (χ3n) is 8.49. The number of hydrogen-bond acceptors (Lipinski definition) is 7. The third kappa shape index (κ3) is 6.13. The van der Waals surface area contributed by atoms with Crippen LogP contribution in [-0.2, 0) is 30.4 Å². The second-order valence-electron chi connectivity index (χ2n) is 13.0. The number of hydrogen-bond donors (Lipinski definition) is 0. The molecule has 7 rings (SSSR count). The maximum absolute atomic E-state index is 12.8. The highest BCUT2D eigenvalue weighted by molar-refractivity contribution is 5.98. The zero-order valence-corrected chi connectivity index (χ0v) is 27.1. The Bertz CT molecular complexity index is 1950. The first-order chi connectivity index (χ1) is 22.7. The lowest BCUT2D eigenvalue weighted by Gasteiger charge is -2.34. The fourth-order valence-corrected chi connectivity index (χ4v) is 6.20. The van der Waals surface area contributed by atoms with Crippen LogP contribution in [-0.4, -0.2) is 44.5 Å². The molecule has 0 aliphatic carbocycles. The van der Waals surface area contributed by atoms with Crippen molar-refractivity contribution in [2.75, 3.05) is 13.2 Å². The summed E-state index contributed by atoms with van der Waals surface area (Å²) in [6.45, 7) is 7.36. The van der Waals surface area contributed by atoms with Gasteiger partial charge in [-0.05, 0) is 56.5 Å². The second kappa shape index (κ2) is 12.1. The number of benzene rings is 3. The van der Waals surface area contributed by atoms with Gasteiger partial charge in [0.25, 0.3) is 0 Å². The number of carbonyl (C=O) groups is 1. The van der Waals surface area contributed by atoms with Crippen LogP contribution in [0.3, 0.4) is 0 Å². The van der Waals surface area contributed by atoms with E-state index in [1.54, 1.807) is 4.90 Å². The van der Waals surface area contributed by atoms with Crippen LogP contribution in [0.5, 0.6) is 17.5 Å². The summed E-state index contributed by atoms with van der Waals surface area (Å²) in [5, 5.41) is 5.99. The van der Waals surface area contributed by atoms with E-state index in [0.29, 0.717) is 44.5 Å². The normalized spacial score (nSPS) is 17.1. The van der Waals surface area contributed by atoms with E-state index in [9.17, 15) is 4.79 Å². The number of aryl methyl sites for hydroxylation is 1. The Morgan fingerprint density at radius 2 is 1.62 bits per heavy atom. The quantitative estimate of drug-likeness (QED) is 0.183. The fraction of sp³-hybridized carbons (Fsp3) is 0.289. The number of fused-ring (bicyclic) bond motifs is 4. The SMILES string of the molecule is Cn1nc(-c2ccc(OCc3ccccc3)nc2OCc2ccccc2)c2ccc3c(c21)C1(C=CN(C(=O)OC(C)(C)C)CC1)CO3. The molecular weight excluding hydrogens is 592 g/mol. The van der Waals surface area contributed by atoms with Crippen LogP contribution in [0.25, 0.3) is 22.2 Å². The molecule has 1 unspecified atom stereocenters. The molecule has 1 spiro atoms. The van der Waals surface area contributed by atoms with E-state index in [4.69, 9.17) is 29.0 Å². The van der Waals surface area contributed by atoms with E-state index in [2.05, 4.69) is 12.1 Å². The number of carbonyl (C=O) groups excluding carboxylic acids is 1. The molecule has 0 fully saturated rings. The average Bonchev–Trinajstić information content (AvgIpc) is 3.60. The predicted octanol–water partition coefficient (Wildman–Crippen LogP) is 7.58. The number of rotatable bonds is 7. The van der Waals surface area contributed by atoms with Crippen molar-refractivity contribution in [3.05, 3.63) is 114 Å². The van der Waals surface area contributed by atoms with Crippen LogP contribution in [0.2, 0.25) is 0 Å². The van der Waals surface area contributed by atoms with Gasteiger partial charge in [-0.25, -0.2) is 4.79 Å². The largest absolute Gasteiger partial charge is 0.492 e. The van der Waals surface area contributed by atoms with Gasteiger partial charge in [-0.2, -0.15) is 10.1 Å². The van der Waals surface area contributed by atoms with Crippen LogP contribution >= 0.6 is 0 Å². The Labute approximate surface area is 274 Å². The molecule has 9 heteroatoms. The van der Waals surface area contributed by atoms with Gasteiger partial charge < -0.3 is 18.9 Å². The van der Waals surface area contributed by atoms with E-state index >= 15 is 0 Å². The van der Waals surface area contributed by atoms with Gasteiger partial charge in [-0.1, -0.05) is 66.7 Å². The van der Waals surface area contributed by atoms with Gasteiger partial charge in [0.05, 0.1) is 16.5 Å². The number of pyridine rings is 1. The minimum Gasteiger partial charge on any atom is -0.492 e. The summed E-state index contributed by atoms with van der Waals surface area (Å²) < 4.78 is 26.2. The molecule has 2 aromatic heterocycles. The smallest absolute Gasteiger partial charge is 0.414 e. The minimum absolute atomic E-state index is 0.346. The maximum atomic E-state index is 12.8. The minimum atomic E-state index is -0.564. The third-order valence-corrected chi connectivity index (χ3v) is 8.49. The van der Waals surface area contributed by atoms with Crippen molar-refractivity contribution in [2.45, 2.75) is 51.4 Å². The molecule has 3 aromatic carbocycles. The predicted molar refractivity (Wildman–Crippen MR) is 179 cm³/mol. The van der Waals surface area contributed by atoms with E-state index < -0.39 is 11.0 Å². The standard InChI is InChI=1S/C38H38N4O5/c1-37(2,3)47-36(43)42-21-19-38(20-22-42)25-46-30-17-15-28-33(40-41(4)34(28)32(30)38)29-16-18-31(44-23-26-11-7-5-8-12-26)39-35(29)45-24-27-13-9-6-10-14-27/h5-19,21H,20,22-25H2,1-4H3. The highest BCUT2D eigenvalue weighted by Gasteiger charge is 2.44. The van der Waals surface area contributed by atoms with E-state index in [-0.39, 0.29) is 6.09 Å². The van der Waals surface area contributed by atoms with Crippen molar-refractivity contribution in [1.29, 1.82) is 0 Å². The Kier molecular flexibility index (Phi) is 7.83. The van der Waals surface area contributed by atoms with Gasteiger partial charge in [0, 0.05) is 36.8 Å². The van der Waals surface area contributed by atoms with Gasteiger partial charge in [-0.15, -0.1) is 0 Å². The fourth-order valence-electron chi connectivity index (χ4n) is 6.20. The maximum Gasteiger partial charge on any atom is 0.414 e. The number of aromatic nitrogens is 3. The molecule has 2 aliphatic heterocycles. The van der Waals surface area contributed by atoms with Crippen molar-refractivity contribution in [3.63, 3.8) is 0 Å². The Morgan fingerprint density at radius 1 is 0.915 bits per heavy atom. The van der Waals surface area contributed by atoms with Gasteiger partial charge in [-0.3, -0.25) is 9.58 Å². The molecular formula is C38H38N4O5. The number of ether oxygens (including phenoxy) is 4. The summed E-state index contributed by atoms with van der Waals surface area (Å²) >= 11 is 0. The van der Waals surface area contributed by atoms with Crippen molar-refractivity contribution < 1.29 is 23.7 Å². The summed E-state index contributed by atoms with van der Waals surface area (Å²) in [5.41, 5.74) is 4.68. The highest BCUT2D eigenvalue weighted by atomic mass is 16.6. The Balaban J connectivity index is 1.25. The van der Waals surface area contributed by atoms with E-state index in [0.717, 1.165) is 44.6 Å². The molecule has 0 saturated carbocycles. The summed E-state index contributed by atoms with van der Waals surface area (Å²) in [5.74, 6) is 1.73. The van der Waals surface area contributed by atoms with Gasteiger partial charge in [0.1, 0.15) is 36.9 Å². The lowest BCUT2D eigenvalue weighted by Crippen LogP contribution is -2.41. The molecule has 240 valence electrons. The molecule has 0 N–H and O–H groups in total. The molecule has 9 nitrogen and oxygen atoms in total. The van der Waals surface area contributed by atoms with Crippen LogP contribution in [0, 0.1) is 0 Å². The van der Waals surface area contributed by atoms with E-state index in [1.807, 2.05) is 118 Å². The lowest BCUT2D eigenvalue weighted by molar-refractivity contribution is 0.0312. The van der Waals surface area contributed by atoms with Gasteiger partial charge in [0.2, 0.25) is 11.8 Å². The summed E-state index contributed by atoms with van der Waals surface area (Å²) in [7, 11) is 1.95. The van der Waals surface area contributed by atoms with Crippen molar-refractivity contribution >= 4 is 17.0 Å². The molecule has 1 atom stereocenters. The van der Waals surface area contributed by atoms with Crippen LogP contribution in [0.4, 0.5) is 4.79 Å². The highest BCUT2D eigenvalue weighted by Crippen LogP contribution is 2.49. The van der Waals surface area contributed by atoms with Crippen molar-refractivity contribution in [3.8, 4) is 28.8 Å². The number of nitrogens with zero attached hydrogens (tertiary/aromatic N) is 4. The zero-order valence-electron chi connectivity index (χ0n) is 27.1. The molecule has 4 heterocycles. The topological polar surface area (TPSA) is 87.9 Å². The van der Waals surface area contributed by atoms with Crippen molar-refractivity contribution in [1.82, 2.24) is 19.7 Å². The monoisotopic (exact) mass is 630 g/mol. The molecule has 0 radical (unpaired) electrons. The molecule has 1 amide bonds. The van der Waals surface area contributed by atoms with Gasteiger partial charge >= 0.3 is 6.09 Å². The summed E-state index contributed by atoms with van der Waals surface area (Å²) in [6, 6.07) is 27.9. The summed E-state index contributed by atoms with van der Waals surface area (Å²) in [4.78, 5) is 19.2. The molecule has 2 aliphatic rings. The molecule has 5 aromatic rings. The van der Waals surface area contributed by atoms with E-state index in [1.165, 1.54) is 0 Å². The Hall–Kier alpha value is -5.31. The Morgan fingerprint density at radius 3 is 2.28 bits per heavy atom. The average molecular weight is 631 g/mol. The second-order valence-corrected chi connectivity index (χ2v) is 13.0. The molecule has 47 heavy (non-hydrogen) atoms. The first-order valence-corrected chi connectivity index (χ1v) is 15.9. The summed E-state index contributed by atoms with van der Waals surface area (Å²) in [6.07, 6.45) is 4.25. The van der Waals surface area contributed by atoms with Crippen LogP contribution in [0.15, 0.2) is 97.2 Å². The molecule has 0 saturated heterocycles. The first kappa shape index (κ1) is 30.3.